The molecule has 2 saturated heterocycles. The minimum absolute atomic E-state index is 0.321. The predicted octanol–water partition coefficient (Wildman–Crippen LogP) is 1.71. The van der Waals surface area contributed by atoms with Crippen molar-refractivity contribution in [3.63, 3.8) is 0 Å². The maximum absolute atomic E-state index is 12.3. The third-order valence-corrected chi connectivity index (χ3v) is 5.27. The van der Waals surface area contributed by atoms with Gasteiger partial charge in [-0.15, -0.1) is 11.3 Å². The molecule has 116 valence electrons. The number of aromatic nitrogens is 1. The minimum Gasteiger partial charge on any atom is -0.345 e. The van der Waals surface area contributed by atoms with Crippen LogP contribution in [-0.2, 0) is 4.79 Å². The molecule has 0 bridgehead atoms. The third kappa shape index (κ3) is 3.95. The van der Waals surface area contributed by atoms with Gasteiger partial charge in [-0.1, -0.05) is 6.42 Å². The number of piperidine rings is 1. The highest BCUT2D eigenvalue weighted by atomic mass is 32.1. The summed E-state index contributed by atoms with van der Waals surface area (Å²) in [6, 6.07) is 0.555. The zero-order valence-corrected chi connectivity index (χ0v) is 13.3. The summed E-state index contributed by atoms with van der Waals surface area (Å²) >= 11 is 1.67. The fourth-order valence-corrected chi connectivity index (χ4v) is 3.84. The molecule has 1 amide bonds. The van der Waals surface area contributed by atoms with Crippen molar-refractivity contribution < 1.29 is 4.79 Å². The highest BCUT2D eigenvalue weighted by molar-refractivity contribution is 7.13. The Balaban J connectivity index is 1.40. The molecule has 0 aromatic carbocycles. The van der Waals surface area contributed by atoms with Crippen molar-refractivity contribution in [2.45, 2.75) is 38.1 Å². The van der Waals surface area contributed by atoms with E-state index in [1.54, 1.807) is 11.3 Å². The quantitative estimate of drug-likeness (QED) is 0.920. The molecule has 0 saturated carbocycles. The van der Waals surface area contributed by atoms with E-state index in [-0.39, 0.29) is 0 Å². The number of rotatable bonds is 4. The summed E-state index contributed by atoms with van der Waals surface area (Å²) in [6.45, 7) is 4.58. The van der Waals surface area contributed by atoms with Gasteiger partial charge in [-0.25, -0.2) is 4.98 Å². The number of amides is 1. The third-order valence-electron chi connectivity index (χ3n) is 4.44. The van der Waals surface area contributed by atoms with Gasteiger partial charge in [0.25, 0.3) is 0 Å². The Morgan fingerprint density at radius 1 is 1.33 bits per heavy atom. The Bertz CT molecular complexity index is 437. The number of anilines is 1. The van der Waals surface area contributed by atoms with Crippen LogP contribution < -0.4 is 10.2 Å². The van der Waals surface area contributed by atoms with Crippen LogP contribution in [0.5, 0.6) is 0 Å². The lowest BCUT2D eigenvalue weighted by atomic mass is 10.0. The molecule has 2 fully saturated rings. The molecule has 5 nitrogen and oxygen atoms in total. The Hall–Kier alpha value is -1.14. The van der Waals surface area contributed by atoms with E-state index in [0.29, 0.717) is 18.4 Å². The van der Waals surface area contributed by atoms with Crippen molar-refractivity contribution >= 4 is 22.4 Å². The van der Waals surface area contributed by atoms with Crippen LogP contribution in [0, 0.1) is 0 Å². The van der Waals surface area contributed by atoms with Crippen LogP contribution in [0.25, 0.3) is 0 Å². The first-order chi connectivity index (χ1) is 10.3. The molecule has 3 heterocycles. The zero-order chi connectivity index (χ0) is 14.5. The summed E-state index contributed by atoms with van der Waals surface area (Å²) < 4.78 is 0. The highest BCUT2D eigenvalue weighted by Gasteiger charge is 2.23. The summed E-state index contributed by atoms with van der Waals surface area (Å²) in [4.78, 5) is 20.9. The standard InChI is InChI=1S/C15H24N4OS/c20-14(5-4-13-3-1-2-6-16-13)18-8-10-19(11-9-18)15-17-7-12-21-15/h7,12-13,16H,1-6,8-11H2. The van der Waals surface area contributed by atoms with Crippen LogP contribution in [0.2, 0.25) is 0 Å². The van der Waals surface area contributed by atoms with Crippen LogP contribution >= 0.6 is 11.3 Å². The van der Waals surface area contributed by atoms with Crippen LogP contribution in [0.1, 0.15) is 32.1 Å². The number of carbonyl (C=O) groups excluding carboxylic acids is 1. The first-order valence-corrected chi connectivity index (χ1v) is 8.86. The highest BCUT2D eigenvalue weighted by Crippen LogP contribution is 2.19. The Kier molecular flexibility index (Phi) is 5.08. The maximum Gasteiger partial charge on any atom is 0.222 e. The average molecular weight is 308 g/mol. The fourth-order valence-electron chi connectivity index (χ4n) is 3.15. The van der Waals surface area contributed by atoms with Crippen LogP contribution in [-0.4, -0.2) is 54.6 Å². The van der Waals surface area contributed by atoms with Gasteiger partial charge < -0.3 is 15.1 Å². The fraction of sp³-hybridized carbons (Fsp3) is 0.733. The van der Waals surface area contributed by atoms with E-state index in [2.05, 4.69) is 15.2 Å². The normalized spacial score (nSPS) is 23.3. The molecular weight excluding hydrogens is 284 g/mol. The molecular formula is C15H24N4OS. The van der Waals surface area contributed by atoms with Crippen LogP contribution in [0.4, 0.5) is 5.13 Å². The summed E-state index contributed by atoms with van der Waals surface area (Å²) in [5.41, 5.74) is 0. The van der Waals surface area contributed by atoms with Gasteiger partial charge in [-0.2, -0.15) is 0 Å². The molecule has 21 heavy (non-hydrogen) atoms. The lowest BCUT2D eigenvalue weighted by Gasteiger charge is -2.35. The van der Waals surface area contributed by atoms with Crippen LogP contribution in [0.3, 0.4) is 0 Å². The van der Waals surface area contributed by atoms with Gasteiger partial charge in [0.2, 0.25) is 5.91 Å². The molecule has 1 N–H and O–H groups in total. The van der Waals surface area contributed by atoms with Gasteiger partial charge in [0.1, 0.15) is 0 Å². The van der Waals surface area contributed by atoms with E-state index in [9.17, 15) is 4.79 Å². The molecule has 2 aliphatic rings. The summed E-state index contributed by atoms with van der Waals surface area (Å²) in [7, 11) is 0. The molecule has 0 radical (unpaired) electrons. The Labute approximate surface area is 130 Å². The number of nitrogens with one attached hydrogen (secondary N) is 1. The summed E-state index contributed by atoms with van der Waals surface area (Å²) in [6.07, 6.45) is 7.34. The summed E-state index contributed by atoms with van der Waals surface area (Å²) in [5, 5.41) is 6.60. The van der Waals surface area contributed by atoms with Gasteiger partial charge in [-0.05, 0) is 25.8 Å². The van der Waals surface area contributed by atoms with E-state index < -0.39 is 0 Å². The molecule has 1 aromatic heterocycles. The molecule has 2 aliphatic heterocycles. The van der Waals surface area contributed by atoms with Crippen molar-refractivity contribution in [2.75, 3.05) is 37.6 Å². The lowest BCUT2D eigenvalue weighted by molar-refractivity contribution is -0.131. The van der Waals surface area contributed by atoms with Crippen molar-refractivity contribution in [3.05, 3.63) is 11.6 Å². The Morgan fingerprint density at radius 3 is 2.86 bits per heavy atom. The molecule has 0 spiro atoms. The van der Waals surface area contributed by atoms with Gasteiger partial charge in [-0.3, -0.25) is 4.79 Å². The van der Waals surface area contributed by atoms with E-state index in [1.165, 1.54) is 19.3 Å². The number of piperazine rings is 1. The van der Waals surface area contributed by atoms with E-state index in [1.807, 2.05) is 16.5 Å². The maximum atomic E-state index is 12.3. The topological polar surface area (TPSA) is 48.5 Å². The first kappa shape index (κ1) is 14.8. The van der Waals surface area contributed by atoms with Gasteiger partial charge in [0.15, 0.2) is 5.13 Å². The predicted molar refractivity (Wildman–Crippen MR) is 85.8 cm³/mol. The second kappa shape index (κ2) is 7.22. The minimum atomic E-state index is 0.321. The second-order valence-corrected chi connectivity index (χ2v) is 6.74. The first-order valence-electron chi connectivity index (χ1n) is 7.98. The molecule has 3 rings (SSSR count). The van der Waals surface area contributed by atoms with Gasteiger partial charge in [0.05, 0.1) is 0 Å². The van der Waals surface area contributed by atoms with Crippen molar-refractivity contribution in [1.82, 2.24) is 15.2 Å². The van der Waals surface area contributed by atoms with E-state index in [0.717, 1.165) is 44.3 Å². The largest absolute Gasteiger partial charge is 0.345 e. The van der Waals surface area contributed by atoms with Crippen LogP contribution in [0.15, 0.2) is 11.6 Å². The van der Waals surface area contributed by atoms with Crippen molar-refractivity contribution in [1.29, 1.82) is 0 Å². The number of thiazole rings is 1. The summed E-state index contributed by atoms with van der Waals surface area (Å²) in [5.74, 6) is 0.321. The SMILES string of the molecule is O=C(CCC1CCCCN1)N1CCN(c2nccs2)CC1. The van der Waals surface area contributed by atoms with Gasteiger partial charge >= 0.3 is 0 Å². The Morgan fingerprint density at radius 2 is 2.19 bits per heavy atom. The van der Waals surface area contributed by atoms with E-state index in [4.69, 9.17) is 0 Å². The zero-order valence-electron chi connectivity index (χ0n) is 12.5. The second-order valence-electron chi connectivity index (χ2n) is 5.87. The van der Waals surface area contributed by atoms with E-state index >= 15 is 0 Å². The molecule has 1 aromatic rings. The number of hydrogen-bond acceptors (Lipinski definition) is 5. The average Bonchev–Trinajstić information content (AvgIpc) is 3.08. The molecule has 6 heteroatoms. The lowest BCUT2D eigenvalue weighted by Crippen LogP contribution is -2.49. The molecule has 0 aliphatic carbocycles. The van der Waals surface area contributed by atoms with Gasteiger partial charge in [0, 0.05) is 50.2 Å². The molecule has 1 unspecified atom stereocenters. The van der Waals surface area contributed by atoms with Crippen molar-refractivity contribution in [2.24, 2.45) is 0 Å². The molecule has 1 atom stereocenters. The number of hydrogen-bond donors (Lipinski definition) is 1. The number of carbonyl (C=O) groups is 1. The monoisotopic (exact) mass is 308 g/mol. The number of nitrogens with zero attached hydrogens (tertiary/aromatic N) is 3. The smallest absolute Gasteiger partial charge is 0.222 e. The van der Waals surface area contributed by atoms with Crippen molar-refractivity contribution in [3.8, 4) is 0 Å².